The van der Waals surface area contributed by atoms with Crippen molar-refractivity contribution in [2.75, 3.05) is 24.1 Å². The molecule has 0 saturated carbocycles. The van der Waals surface area contributed by atoms with Crippen LogP contribution in [0.5, 0.6) is 0 Å². The van der Waals surface area contributed by atoms with Gasteiger partial charge in [-0.1, -0.05) is 92.5 Å². The molecule has 7 N–H and O–H groups in total. The summed E-state index contributed by atoms with van der Waals surface area (Å²) in [7, 11) is 0. The van der Waals surface area contributed by atoms with E-state index >= 15 is 0 Å². The molecule has 59 heavy (non-hydrogen) atoms. The van der Waals surface area contributed by atoms with Gasteiger partial charge in [0.25, 0.3) is 11.8 Å². The molecule has 0 aliphatic carbocycles. The third kappa shape index (κ3) is 15.4. The number of carbonyl (C=O) groups excluding carboxylic acids is 6. The molecule has 4 aromatic rings. The van der Waals surface area contributed by atoms with Crippen molar-refractivity contribution >= 4 is 117 Å². The molecule has 0 spiro atoms. The molecule has 2 saturated heterocycles. The first-order chi connectivity index (χ1) is 27.2. The molecule has 5 amide bonds. The second-order valence-electron chi connectivity index (χ2n) is 12.7. The number of halogens is 3. The summed E-state index contributed by atoms with van der Waals surface area (Å²) in [6.07, 6.45) is 1.60. The fourth-order valence-electron chi connectivity index (χ4n) is 5.89. The normalized spacial score (nSPS) is 15.0. The Morgan fingerprint density at radius 3 is 1.56 bits per heavy atom. The molecule has 14 nitrogen and oxygen atoms in total. The van der Waals surface area contributed by atoms with E-state index in [0.717, 1.165) is 22.0 Å². The number of amides is 5. The van der Waals surface area contributed by atoms with E-state index < -0.39 is 41.3 Å². The molecule has 316 valence electrons. The molecule has 0 unspecified atom stereocenters. The number of benzene rings is 4. The number of nitrogens with zero attached hydrogens (tertiary/aromatic N) is 2. The first-order valence-corrected chi connectivity index (χ1v) is 19.6. The highest BCUT2D eigenvalue weighted by molar-refractivity contribution is 9.10. The highest BCUT2D eigenvalue weighted by Gasteiger charge is 2.36. The molecule has 2 atom stereocenters. The van der Waals surface area contributed by atoms with Crippen LogP contribution in [0.1, 0.15) is 57.5 Å². The lowest BCUT2D eigenvalue weighted by atomic mass is 10.1. The second kappa shape index (κ2) is 25.0. The number of rotatable bonds is 9. The molecule has 0 bridgehead atoms. The Morgan fingerprint density at radius 1 is 0.661 bits per heavy atom. The molecular formula is C40H45Br2ClN6O8S2. The van der Waals surface area contributed by atoms with Crippen molar-refractivity contribution < 1.29 is 38.2 Å². The number of carbonyl (C=O) groups is 6. The van der Waals surface area contributed by atoms with Crippen LogP contribution in [0.4, 0.5) is 21.0 Å². The fourth-order valence-corrected chi connectivity index (χ4v) is 6.86. The number of nitrogen functional groups attached to an aromatic ring is 1. The number of nitrogens with two attached hydrogens (primary N) is 3. The van der Waals surface area contributed by atoms with E-state index in [9.17, 15) is 28.8 Å². The quantitative estimate of drug-likeness (QED) is 0.0984. The van der Waals surface area contributed by atoms with Crippen LogP contribution in [0.15, 0.2) is 106 Å². The third-order valence-electron chi connectivity index (χ3n) is 8.73. The fraction of sp³-hybridized carbons (Fsp3) is 0.250. The molecule has 6 rings (SSSR count). The summed E-state index contributed by atoms with van der Waals surface area (Å²) in [6.45, 7) is 1.31. The van der Waals surface area contributed by atoms with Gasteiger partial charge in [0.05, 0.1) is 16.8 Å². The summed E-state index contributed by atoms with van der Waals surface area (Å²) < 4.78 is 12.0. The van der Waals surface area contributed by atoms with Crippen molar-refractivity contribution in [3.8, 4) is 0 Å². The second-order valence-corrected chi connectivity index (χ2v) is 14.9. The number of anilines is 2. The van der Waals surface area contributed by atoms with Gasteiger partial charge in [-0.3, -0.25) is 29.0 Å². The van der Waals surface area contributed by atoms with Crippen molar-refractivity contribution in [1.82, 2.24) is 9.80 Å². The van der Waals surface area contributed by atoms with Crippen molar-refractivity contribution in [1.29, 1.82) is 0 Å². The van der Waals surface area contributed by atoms with E-state index in [4.69, 9.17) is 38.3 Å². The highest BCUT2D eigenvalue weighted by atomic mass is 79.9. The number of hydrogen-bond acceptors (Lipinski definition) is 9. The summed E-state index contributed by atoms with van der Waals surface area (Å²) in [5, 5.41) is 2.22. The predicted octanol–water partition coefficient (Wildman–Crippen LogP) is 7.20. The van der Waals surface area contributed by atoms with E-state index in [1.54, 1.807) is 30.3 Å². The SMILES string of the molecule is NC(=O)c1ccc(Br)cc1N.NC(=O)c1ccc(Br)cc1NC(=O)[C@@H]1CCCN1C(=O)OCc1ccccc1.O=C(Cl)[C@@H]1CCCN1C(=O)OCc1ccccc1.S.S. The Labute approximate surface area is 377 Å². The van der Waals surface area contributed by atoms with E-state index in [1.807, 2.05) is 60.7 Å². The number of ether oxygens (including phenoxy) is 2. The predicted molar refractivity (Wildman–Crippen MR) is 243 cm³/mol. The Bertz CT molecular complexity index is 2070. The smallest absolute Gasteiger partial charge is 0.410 e. The number of likely N-dealkylation sites (tertiary alicyclic amines) is 2. The van der Waals surface area contributed by atoms with Gasteiger partial charge in [-0.05, 0) is 84.8 Å². The third-order valence-corrected chi connectivity index (χ3v) is 9.97. The van der Waals surface area contributed by atoms with E-state index in [2.05, 4.69) is 37.2 Å². The Kier molecular flexibility index (Phi) is 21.4. The molecule has 2 aliphatic heterocycles. The van der Waals surface area contributed by atoms with Gasteiger partial charge < -0.3 is 32.0 Å². The minimum Gasteiger partial charge on any atom is -0.445 e. The van der Waals surface area contributed by atoms with Crippen LogP contribution >= 0.6 is 70.5 Å². The summed E-state index contributed by atoms with van der Waals surface area (Å²) in [5.74, 6) is -1.53. The van der Waals surface area contributed by atoms with Crippen LogP contribution in [0.25, 0.3) is 0 Å². The highest BCUT2D eigenvalue weighted by Crippen LogP contribution is 2.25. The van der Waals surface area contributed by atoms with Crippen molar-refractivity contribution in [3.63, 3.8) is 0 Å². The number of hydrogen-bond donors (Lipinski definition) is 4. The van der Waals surface area contributed by atoms with Crippen molar-refractivity contribution in [3.05, 3.63) is 128 Å². The minimum atomic E-state index is -0.664. The zero-order valence-electron chi connectivity index (χ0n) is 31.6. The van der Waals surface area contributed by atoms with Crippen LogP contribution in [0, 0.1) is 0 Å². The average molecular weight is 997 g/mol. The summed E-state index contributed by atoms with van der Waals surface area (Å²) in [4.78, 5) is 73.3. The monoisotopic (exact) mass is 994 g/mol. The van der Waals surface area contributed by atoms with Gasteiger partial charge in [0.2, 0.25) is 11.1 Å². The molecular weight excluding hydrogens is 952 g/mol. The van der Waals surface area contributed by atoms with Crippen LogP contribution in [0.3, 0.4) is 0 Å². The summed E-state index contributed by atoms with van der Waals surface area (Å²) in [6, 6.07) is 27.3. The van der Waals surface area contributed by atoms with Crippen LogP contribution in [-0.4, -0.2) is 70.1 Å². The maximum Gasteiger partial charge on any atom is 0.410 e. The number of nitrogens with one attached hydrogen (secondary N) is 1. The van der Waals surface area contributed by atoms with Gasteiger partial charge in [-0.15, -0.1) is 0 Å². The zero-order valence-corrected chi connectivity index (χ0v) is 37.5. The minimum absolute atomic E-state index is 0. The standard InChI is InChI=1S/C20H20BrN3O4.C13H14ClNO3.C7H7BrN2O.2H2S/c21-14-8-9-15(18(22)25)16(11-14)23-19(26)17-7-4-10-24(17)20(27)28-12-13-5-2-1-3-6-13;14-12(16)11-7-4-8-15(11)13(17)18-9-10-5-2-1-3-6-10;8-4-1-2-5(7(10)11)6(9)3-4;;/h1-3,5-6,8-9,11,17H,4,7,10,12H2,(H2,22,25)(H,23,26);1-3,5-6,11H,4,7-9H2;1-3H,9H2,(H2,10,11);2*1H2/t17-;11-;;;/m00.../s1. The van der Waals surface area contributed by atoms with Gasteiger partial charge >= 0.3 is 12.2 Å². The molecule has 0 radical (unpaired) electrons. The lowest BCUT2D eigenvalue weighted by Gasteiger charge is -2.23. The topological polar surface area (TPSA) is 217 Å². The molecule has 4 aromatic carbocycles. The molecule has 0 aromatic heterocycles. The number of primary amides is 2. The van der Waals surface area contributed by atoms with E-state index in [-0.39, 0.29) is 51.7 Å². The van der Waals surface area contributed by atoms with Gasteiger partial charge in [0.1, 0.15) is 25.3 Å². The molecule has 2 aliphatic rings. The summed E-state index contributed by atoms with van der Waals surface area (Å²) in [5.41, 5.74) is 18.9. The molecule has 19 heteroatoms. The zero-order chi connectivity index (χ0) is 41.5. The van der Waals surface area contributed by atoms with Gasteiger partial charge in [-0.25, -0.2) is 9.59 Å². The lowest BCUT2D eigenvalue weighted by molar-refractivity contribution is -0.120. The van der Waals surface area contributed by atoms with Gasteiger partial charge in [-0.2, -0.15) is 27.0 Å². The van der Waals surface area contributed by atoms with E-state index in [0.29, 0.717) is 53.8 Å². The first kappa shape index (κ1) is 50.4. The maximum atomic E-state index is 12.8. The first-order valence-electron chi connectivity index (χ1n) is 17.6. The van der Waals surface area contributed by atoms with Gasteiger partial charge in [0, 0.05) is 27.7 Å². The maximum absolute atomic E-state index is 12.8. The lowest BCUT2D eigenvalue weighted by Crippen LogP contribution is -2.43. The largest absolute Gasteiger partial charge is 0.445 e. The molecule has 2 fully saturated rings. The Hall–Kier alpha value is -4.75. The molecule has 2 heterocycles. The van der Waals surface area contributed by atoms with Crippen LogP contribution in [-0.2, 0) is 32.3 Å². The van der Waals surface area contributed by atoms with Crippen LogP contribution in [0.2, 0.25) is 0 Å². The Morgan fingerprint density at radius 2 is 1.10 bits per heavy atom. The Balaban J connectivity index is 0.000000332. The summed E-state index contributed by atoms with van der Waals surface area (Å²) >= 11 is 12.0. The van der Waals surface area contributed by atoms with Crippen molar-refractivity contribution in [2.24, 2.45) is 11.5 Å². The van der Waals surface area contributed by atoms with Crippen molar-refractivity contribution in [2.45, 2.75) is 51.0 Å². The van der Waals surface area contributed by atoms with Gasteiger partial charge in [0.15, 0.2) is 0 Å². The average Bonchev–Trinajstić information content (AvgIpc) is 3.89. The van der Waals surface area contributed by atoms with E-state index in [1.165, 1.54) is 15.9 Å². The van der Waals surface area contributed by atoms with Crippen LogP contribution < -0.4 is 22.5 Å².